The van der Waals surface area contributed by atoms with Crippen molar-refractivity contribution in [2.45, 2.75) is 52.0 Å². The van der Waals surface area contributed by atoms with Crippen LogP contribution in [0.15, 0.2) is 47.1 Å². The number of amides is 1. The monoisotopic (exact) mass is 352 g/mol. The third-order valence-corrected chi connectivity index (χ3v) is 4.28. The molecule has 7 heteroatoms. The van der Waals surface area contributed by atoms with Gasteiger partial charge in [-0.25, -0.2) is 5.43 Å². The van der Waals surface area contributed by atoms with Crippen LogP contribution in [0.25, 0.3) is 11.4 Å². The molecule has 1 heterocycles. The van der Waals surface area contributed by atoms with Crippen LogP contribution in [0.1, 0.15) is 45.4 Å². The number of allylic oxidation sites excluding steroid dienone is 2. The fourth-order valence-corrected chi connectivity index (χ4v) is 2.91. The zero-order valence-electron chi connectivity index (χ0n) is 15.1. The summed E-state index contributed by atoms with van der Waals surface area (Å²) in [5.41, 5.74) is 5.75. The van der Waals surface area contributed by atoms with Gasteiger partial charge in [0.25, 0.3) is 5.91 Å². The van der Waals surface area contributed by atoms with E-state index in [9.17, 15) is 4.79 Å². The number of hydrogen-bond acceptors (Lipinski definition) is 5. The van der Waals surface area contributed by atoms with Crippen molar-refractivity contribution in [1.29, 1.82) is 0 Å². The Balaban J connectivity index is 1.53. The summed E-state index contributed by atoms with van der Waals surface area (Å²) in [5, 5.41) is 16.5. The van der Waals surface area contributed by atoms with E-state index in [-0.39, 0.29) is 12.5 Å². The minimum absolute atomic E-state index is 0.00844. The van der Waals surface area contributed by atoms with Crippen molar-refractivity contribution < 1.29 is 4.79 Å². The van der Waals surface area contributed by atoms with Crippen LogP contribution in [-0.2, 0) is 11.3 Å². The normalized spacial score (nSPS) is 15.3. The zero-order valence-corrected chi connectivity index (χ0v) is 15.1. The number of nitrogens with one attached hydrogen (secondary N) is 1. The van der Waals surface area contributed by atoms with Gasteiger partial charge in [-0.1, -0.05) is 56.2 Å². The average molecular weight is 352 g/mol. The standard InChI is InChI=1S/C19H24N6O/c1-2-3-5-9-15-12-8-13-17(15)20-21-18(26)14-25-23-19(22-24-25)16-10-6-4-7-11-16/h4,6-7,10-12H,2-3,5,8-9,13-14H2,1H3,(H,21,26)/b20-17+. The second-order valence-electron chi connectivity index (χ2n) is 6.33. The molecule has 1 amide bonds. The number of carbonyl (C=O) groups excluding carboxylic acids is 1. The molecular formula is C19H24N6O. The highest BCUT2D eigenvalue weighted by Crippen LogP contribution is 2.21. The summed E-state index contributed by atoms with van der Waals surface area (Å²) in [5.74, 6) is 0.246. The molecule has 0 saturated heterocycles. The van der Waals surface area contributed by atoms with Gasteiger partial charge in [-0.3, -0.25) is 4.79 Å². The lowest BCUT2D eigenvalue weighted by Gasteiger charge is -2.05. The molecule has 0 saturated carbocycles. The maximum Gasteiger partial charge on any atom is 0.263 e. The SMILES string of the molecule is CCCCCC1=CCC/C1=N\NC(=O)Cn1nnc(-c2ccccc2)n1. The van der Waals surface area contributed by atoms with E-state index in [1.807, 2.05) is 30.3 Å². The Morgan fingerprint density at radius 1 is 1.27 bits per heavy atom. The van der Waals surface area contributed by atoms with E-state index in [0.717, 1.165) is 30.5 Å². The molecule has 7 nitrogen and oxygen atoms in total. The minimum Gasteiger partial charge on any atom is -0.271 e. The molecule has 1 N–H and O–H groups in total. The van der Waals surface area contributed by atoms with Gasteiger partial charge in [0.2, 0.25) is 5.82 Å². The Morgan fingerprint density at radius 2 is 2.12 bits per heavy atom. The third kappa shape index (κ3) is 4.84. The van der Waals surface area contributed by atoms with Gasteiger partial charge in [0.05, 0.1) is 5.71 Å². The lowest BCUT2D eigenvalue weighted by Crippen LogP contribution is -2.25. The summed E-state index contributed by atoms with van der Waals surface area (Å²) in [6.07, 6.45) is 8.74. The first-order valence-electron chi connectivity index (χ1n) is 9.14. The average Bonchev–Trinajstić information content (AvgIpc) is 3.30. The molecule has 0 aliphatic heterocycles. The van der Waals surface area contributed by atoms with Crippen LogP contribution in [0.5, 0.6) is 0 Å². The Morgan fingerprint density at radius 3 is 2.92 bits per heavy atom. The van der Waals surface area contributed by atoms with Crippen LogP contribution in [0, 0.1) is 0 Å². The Bertz CT molecular complexity index is 793. The van der Waals surface area contributed by atoms with E-state index >= 15 is 0 Å². The summed E-state index contributed by atoms with van der Waals surface area (Å²) < 4.78 is 0. The van der Waals surface area contributed by atoms with Crippen molar-refractivity contribution in [2.75, 3.05) is 0 Å². The van der Waals surface area contributed by atoms with Crippen molar-refractivity contribution in [3.8, 4) is 11.4 Å². The van der Waals surface area contributed by atoms with Crippen LogP contribution in [0.2, 0.25) is 0 Å². The van der Waals surface area contributed by atoms with E-state index in [2.05, 4.69) is 38.9 Å². The number of aromatic nitrogens is 4. The van der Waals surface area contributed by atoms with Gasteiger partial charge in [-0.15, -0.1) is 10.2 Å². The third-order valence-electron chi connectivity index (χ3n) is 4.28. The van der Waals surface area contributed by atoms with Gasteiger partial charge in [0, 0.05) is 5.56 Å². The molecule has 0 radical (unpaired) electrons. The lowest BCUT2D eigenvalue weighted by atomic mass is 10.1. The highest BCUT2D eigenvalue weighted by atomic mass is 16.2. The molecule has 2 aromatic rings. The van der Waals surface area contributed by atoms with Gasteiger partial charge in [0.1, 0.15) is 6.54 Å². The van der Waals surface area contributed by atoms with Crippen molar-refractivity contribution in [1.82, 2.24) is 25.6 Å². The first-order valence-corrected chi connectivity index (χ1v) is 9.14. The number of hydrogen-bond donors (Lipinski definition) is 1. The summed E-state index contributed by atoms with van der Waals surface area (Å²) in [6, 6.07) is 9.55. The van der Waals surface area contributed by atoms with Gasteiger partial charge < -0.3 is 0 Å². The van der Waals surface area contributed by atoms with Crippen LogP contribution >= 0.6 is 0 Å². The highest BCUT2D eigenvalue weighted by Gasteiger charge is 2.14. The van der Waals surface area contributed by atoms with Crippen LogP contribution < -0.4 is 5.43 Å². The van der Waals surface area contributed by atoms with Crippen LogP contribution in [0.4, 0.5) is 0 Å². The van der Waals surface area contributed by atoms with Crippen molar-refractivity contribution in [2.24, 2.45) is 5.10 Å². The Labute approximate surface area is 153 Å². The summed E-state index contributed by atoms with van der Waals surface area (Å²) in [6.45, 7) is 2.19. The van der Waals surface area contributed by atoms with Crippen LogP contribution in [-0.4, -0.2) is 31.8 Å². The molecule has 3 rings (SSSR count). The van der Waals surface area contributed by atoms with Gasteiger partial charge in [0.15, 0.2) is 0 Å². The van der Waals surface area contributed by atoms with Gasteiger partial charge in [-0.2, -0.15) is 9.90 Å². The minimum atomic E-state index is -0.255. The number of nitrogens with zero attached hydrogens (tertiary/aromatic N) is 5. The molecule has 0 atom stereocenters. The Hall–Kier alpha value is -2.83. The number of benzene rings is 1. The maximum atomic E-state index is 12.1. The van der Waals surface area contributed by atoms with Crippen LogP contribution in [0.3, 0.4) is 0 Å². The molecule has 0 fully saturated rings. The van der Waals surface area contributed by atoms with E-state index in [4.69, 9.17) is 0 Å². The van der Waals surface area contributed by atoms with Gasteiger partial charge >= 0.3 is 0 Å². The summed E-state index contributed by atoms with van der Waals surface area (Å²) in [4.78, 5) is 13.4. The number of unbranched alkanes of at least 4 members (excludes halogenated alkanes) is 2. The van der Waals surface area contributed by atoms with Gasteiger partial charge in [-0.05, 0) is 36.5 Å². The van der Waals surface area contributed by atoms with E-state index < -0.39 is 0 Å². The molecule has 0 unspecified atom stereocenters. The van der Waals surface area contributed by atoms with E-state index in [0.29, 0.717) is 5.82 Å². The molecule has 1 aliphatic rings. The quantitative estimate of drug-likeness (QED) is 0.584. The van der Waals surface area contributed by atoms with E-state index in [1.165, 1.54) is 29.6 Å². The zero-order chi connectivity index (χ0) is 18.2. The molecule has 136 valence electrons. The first kappa shape index (κ1) is 18.0. The smallest absolute Gasteiger partial charge is 0.263 e. The first-order chi connectivity index (χ1) is 12.8. The molecule has 26 heavy (non-hydrogen) atoms. The molecule has 0 bridgehead atoms. The van der Waals surface area contributed by atoms with E-state index in [1.54, 1.807) is 0 Å². The second-order valence-corrected chi connectivity index (χ2v) is 6.33. The Kier molecular flexibility index (Phi) is 6.24. The predicted molar refractivity (Wildman–Crippen MR) is 100 cm³/mol. The maximum absolute atomic E-state index is 12.1. The van der Waals surface area contributed by atoms with Crippen molar-refractivity contribution in [3.05, 3.63) is 42.0 Å². The highest BCUT2D eigenvalue weighted by molar-refractivity contribution is 6.02. The summed E-state index contributed by atoms with van der Waals surface area (Å²) in [7, 11) is 0. The topological polar surface area (TPSA) is 85.1 Å². The number of tetrazole rings is 1. The summed E-state index contributed by atoms with van der Waals surface area (Å²) >= 11 is 0. The molecular weight excluding hydrogens is 328 g/mol. The number of hydrazone groups is 1. The van der Waals surface area contributed by atoms with Crippen molar-refractivity contribution in [3.63, 3.8) is 0 Å². The largest absolute Gasteiger partial charge is 0.271 e. The number of rotatable bonds is 8. The molecule has 1 aliphatic carbocycles. The molecule has 0 spiro atoms. The second kappa shape index (κ2) is 9.03. The number of carbonyl (C=O) groups is 1. The lowest BCUT2D eigenvalue weighted by molar-refractivity contribution is -0.122. The van der Waals surface area contributed by atoms with Crippen molar-refractivity contribution >= 4 is 11.6 Å². The fraction of sp³-hybridized carbons (Fsp3) is 0.421. The molecule has 1 aromatic heterocycles. The fourth-order valence-electron chi connectivity index (χ4n) is 2.91. The molecule has 1 aromatic carbocycles. The predicted octanol–water partition coefficient (Wildman–Crippen LogP) is 3.11.